The molecule has 3 aromatic carbocycles. The first kappa shape index (κ1) is 19.4. The molecule has 1 N–H and O–H groups in total. The summed E-state index contributed by atoms with van der Waals surface area (Å²) in [6.07, 6.45) is 2.59. The average Bonchev–Trinajstić information content (AvgIpc) is 2.75. The third kappa shape index (κ3) is 4.41. The Morgan fingerprint density at radius 2 is 1.52 bits per heavy atom. The molecule has 0 radical (unpaired) electrons. The second-order valence-corrected chi connectivity index (χ2v) is 8.15. The van der Waals surface area contributed by atoms with Crippen LogP contribution in [-0.2, 0) is 4.79 Å². The molecule has 1 aliphatic rings. The van der Waals surface area contributed by atoms with E-state index in [1.165, 1.54) is 0 Å². The predicted octanol–water partition coefficient (Wildman–Crippen LogP) is 6.98. The largest absolute Gasteiger partial charge is 0.359 e. The normalized spacial score (nSPS) is 18.2. The Bertz CT molecular complexity index is 1070. The van der Waals surface area contributed by atoms with E-state index >= 15 is 0 Å². The number of hydrogen-bond acceptors (Lipinski definition) is 2. The summed E-state index contributed by atoms with van der Waals surface area (Å²) in [6.45, 7) is 1.99. The maximum Gasteiger partial charge on any atom is 0.184 e. The summed E-state index contributed by atoms with van der Waals surface area (Å²) in [4.78, 5) is 13.3. The molecule has 2 nitrogen and oxygen atoms in total. The number of allylic oxidation sites excluding steroid dienone is 4. The molecular formula is C26H22BrNO. The van der Waals surface area contributed by atoms with Crippen LogP contribution >= 0.6 is 15.9 Å². The van der Waals surface area contributed by atoms with Gasteiger partial charge in [0, 0.05) is 27.3 Å². The lowest BCUT2D eigenvalue weighted by atomic mass is 9.76. The number of rotatable bonds is 4. The van der Waals surface area contributed by atoms with Crippen LogP contribution in [0.3, 0.4) is 0 Å². The van der Waals surface area contributed by atoms with Gasteiger partial charge >= 0.3 is 0 Å². The number of benzene rings is 3. The second-order valence-electron chi connectivity index (χ2n) is 7.24. The van der Waals surface area contributed by atoms with Crippen LogP contribution in [-0.4, -0.2) is 5.78 Å². The summed E-state index contributed by atoms with van der Waals surface area (Å²) in [6, 6.07) is 28.4. The standard InChI is InChI=1S/C26H22BrNO/c1-18(28-23-10-6-3-7-11-23)26-24(20-12-14-22(27)15-13-20)16-21(17-25(26)29)19-8-4-2-5-9-19/h2-15,17,24,28H,16H2,1H3/b26-18+. The second kappa shape index (κ2) is 8.62. The van der Waals surface area contributed by atoms with Crippen LogP contribution < -0.4 is 5.32 Å². The van der Waals surface area contributed by atoms with E-state index in [1.54, 1.807) is 6.08 Å². The molecule has 0 saturated carbocycles. The van der Waals surface area contributed by atoms with Gasteiger partial charge in [-0.25, -0.2) is 0 Å². The molecular weight excluding hydrogens is 422 g/mol. The number of carbonyl (C=O) groups is 1. The highest BCUT2D eigenvalue weighted by molar-refractivity contribution is 9.10. The van der Waals surface area contributed by atoms with Gasteiger partial charge in [-0.2, -0.15) is 0 Å². The number of hydrogen-bond donors (Lipinski definition) is 1. The number of ketones is 1. The topological polar surface area (TPSA) is 29.1 Å². The summed E-state index contributed by atoms with van der Waals surface area (Å²) < 4.78 is 1.03. The van der Waals surface area contributed by atoms with Gasteiger partial charge in [0.1, 0.15) is 0 Å². The van der Waals surface area contributed by atoms with Crippen LogP contribution in [0.4, 0.5) is 5.69 Å². The van der Waals surface area contributed by atoms with Gasteiger partial charge in [0.2, 0.25) is 0 Å². The molecule has 0 saturated heterocycles. The van der Waals surface area contributed by atoms with Crippen molar-refractivity contribution < 1.29 is 4.79 Å². The molecule has 144 valence electrons. The highest BCUT2D eigenvalue weighted by Gasteiger charge is 2.30. The summed E-state index contributed by atoms with van der Waals surface area (Å²) in [7, 11) is 0. The lowest BCUT2D eigenvalue weighted by Crippen LogP contribution is -2.20. The van der Waals surface area contributed by atoms with Gasteiger partial charge in [0.25, 0.3) is 0 Å². The van der Waals surface area contributed by atoms with Crippen molar-refractivity contribution in [1.29, 1.82) is 0 Å². The van der Waals surface area contributed by atoms with Crippen LogP contribution in [0.15, 0.2) is 107 Å². The molecule has 0 spiro atoms. The van der Waals surface area contributed by atoms with Crippen LogP contribution in [0, 0.1) is 0 Å². The summed E-state index contributed by atoms with van der Waals surface area (Å²) in [5.41, 5.74) is 6.05. The monoisotopic (exact) mass is 443 g/mol. The molecule has 0 fully saturated rings. The predicted molar refractivity (Wildman–Crippen MR) is 124 cm³/mol. The Balaban J connectivity index is 1.78. The number of carbonyl (C=O) groups excluding carboxylic acids is 1. The van der Waals surface area contributed by atoms with Crippen molar-refractivity contribution in [2.24, 2.45) is 0 Å². The lowest BCUT2D eigenvalue weighted by molar-refractivity contribution is -0.111. The maximum atomic E-state index is 13.3. The molecule has 0 bridgehead atoms. The van der Waals surface area contributed by atoms with E-state index in [0.29, 0.717) is 0 Å². The van der Waals surface area contributed by atoms with Crippen LogP contribution in [0.1, 0.15) is 30.4 Å². The Kier molecular flexibility index (Phi) is 5.77. The third-order valence-corrected chi connectivity index (χ3v) is 5.80. The summed E-state index contributed by atoms with van der Waals surface area (Å²) in [5.74, 6) is 0.0796. The first-order chi connectivity index (χ1) is 14.1. The van der Waals surface area contributed by atoms with Crippen molar-refractivity contribution in [2.75, 3.05) is 5.32 Å². The van der Waals surface area contributed by atoms with E-state index in [0.717, 1.165) is 44.6 Å². The van der Waals surface area contributed by atoms with Crippen molar-refractivity contribution in [2.45, 2.75) is 19.3 Å². The van der Waals surface area contributed by atoms with Crippen LogP contribution in [0.5, 0.6) is 0 Å². The Morgan fingerprint density at radius 3 is 2.17 bits per heavy atom. The highest BCUT2D eigenvalue weighted by Crippen LogP contribution is 2.41. The molecule has 4 rings (SSSR count). The maximum absolute atomic E-state index is 13.3. The van der Waals surface area contributed by atoms with Crippen molar-refractivity contribution in [3.05, 3.63) is 118 Å². The first-order valence-corrected chi connectivity index (χ1v) is 10.5. The zero-order valence-corrected chi connectivity index (χ0v) is 17.8. The smallest absolute Gasteiger partial charge is 0.184 e. The summed E-state index contributed by atoms with van der Waals surface area (Å²) >= 11 is 3.52. The average molecular weight is 444 g/mol. The molecule has 0 aromatic heterocycles. The molecule has 1 unspecified atom stereocenters. The van der Waals surface area contributed by atoms with Gasteiger partial charge in [-0.3, -0.25) is 4.79 Å². The first-order valence-electron chi connectivity index (χ1n) is 9.70. The van der Waals surface area contributed by atoms with E-state index in [2.05, 4.69) is 45.5 Å². The molecule has 29 heavy (non-hydrogen) atoms. The molecule has 3 aromatic rings. The van der Waals surface area contributed by atoms with Gasteiger partial charge in [0.15, 0.2) is 5.78 Å². The fourth-order valence-electron chi connectivity index (χ4n) is 3.87. The third-order valence-electron chi connectivity index (χ3n) is 5.27. The van der Waals surface area contributed by atoms with Gasteiger partial charge in [0.05, 0.1) is 0 Å². The fraction of sp³-hybridized carbons (Fsp3) is 0.115. The van der Waals surface area contributed by atoms with Gasteiger partial charge in [-0.05, 0) is 60.4 Å². The Morgan fingerprint density at radius 1 is 0.897 bits per heavy atom. The minimum Gasteiger partial charge on any atom is -0.359 e. The van der Waals surface area contributed by atoms with E-state index < -0.39 is 0 Å². The highest BCUT2D eigenvalue weighted by atomic mass is 79.9. The zero-order valence-electron chi connectivity index (χ0n) is 16.2. The molecule has 0 amide bonds. The van der Waals surface area contributed by atoms with Crippen molar-refractivity contribution in [1.82, 2.24) is 0 Å². The van der Waals surface area contributed by atoms with Gasteiger partial charge < -0.3 is 5.32 Å². The molecule has 0 heterocycles. The van der Waals surface area contributed by atoms with Gasteiger partial charge in [-0.15, -0.1) is 0 Å². The van der Waals surface area contributed by atoms with Crippen LogP contribution in [0.2, 0.25) is 0 Å². The van der Waals surface area contributed by atoms with Gasteiger partial charge in [-0.1, -0.05) is 76.6 Å². The number of nitrogens with one attached hydrogen (secondary N) is 1. The molecule has 0 aliphatic heterocycles. The van der Waals surface area contributed by atoms with Crippen LogP contribution in [0.25, 0.3) is 5.57 Å². The number of anilines is 1. The quantitative estimate of drug-likeness (QED) is 0.440. The number of para-hydroxylation sites is 1. The van der Waals surface area contributed by atoms with Crippen molar-refractivity contribution >= 4 is 33.0 Å². The SMILES string of the molecule is C/C(Nc1ccccc1)=C1\C(=O)C=C(c2ccccc2)CC1c1ccc(Br)cc1. The molecule has 3 heteroatoms. The van der Waals surface area contributed by atoms with E-state index in [4.69, 9.17) is 0 Å². The Hall–Kier alpha value is -2.91. The minimum absolute atomic E-state index is 0.00650. The van der Waals surface area contributed by atoms with Crippen molar-refractivity contribution in [3.63, 3.8) is 0 Å². The van der Waals surface area contributed by atoms with E-state index in [9.17, 15) is 4.79 Å². The lowest BCUT2D eigenvalue weighted by Gasteiger charge is -2.28. The minimum atomic E-state index is 0.00650. The van der Waals surface area contributed by atoms with Crippen molar-refractivity contribution in [3.8, 4) is 0 Å². The molecule has 1 atom stereocenters. The summed E-state index contributed by atoms with van der Waals surface area (Å²) in [5, 5.41) is 3.43. The van der Waals surface area contributed by atoms with E-state index in [1.807, 2.05) is 67.6 Å². The fourth-order valence-corrected chi connectivity index (χ4v) is 4.14. The van der Waals surface area contributed by atoms with E-state index in [-0.39, 0.29) is 11.7 Å². The Labute approximate surface area is 180 Å². The number of halogens is 1. The zero-order chi connectivity index (χ0) is 20.2. The molecule has 1 aliphatic carbocycles.